The Morgan fingerprint density at radius 3 is 2.30 bits per heavy atom. The molecule has 0 radical (unpaired) electrons. The molecule has 3 rings (SSSR count). The summed E-state index contributed by atoms with van der Waals surface area (Å²) in [6, 6.07) is 5.10. The van der Waals surface area contributed by atoms with Gasteiger partial charge in [0.15, 0.2) is 6.61 Å². The van der Waals surface area contributed by atoms with Gasteiger partial charge in [-0.15, -0.1) is 0 Å². The maximum absolute atomic E-state index is 12.8. The van der Waals surface area contributed by atoms with E-state index in [1.807, 2.05) is 20.8 Å². The predicted octanol–water partition coefficient (Wildman–Crippen LogP) is 1.34. The molecule has 2 atom stereocenters. The fourth-order valence-electron chi connectivity index (χ4n) is 3.18. The molecule has 0 N–H and O–H groups in total. The van der Waals surface area contributed by atoms with Crippen LogP contribution in [0.1, 0.15) is 24.5 Å². The lowest BCUT2D eigenvalue weighted by Crippen LogP contribution is -2.51. The van der Waals surface area contributed by atoms with Crippen molar-refractivity contribution in [3.63, 3.8) is 0 Å². The topological polar surface area (TPSA) is 84.0 Å². The summed E-state index contributed by atoms with van der Waals surface area (Å²) >= 11 is 0. The lowest BCUT2D eigenvalue weighted by Gasteiger charge is -2.34. The van der Waals surface area contributed by atoms with E-state index in [4.69, 9.17) is 4.74 Å². The minimum absolute atomic E-state index is 0.0715. The van der Waals surface area contributed by atoms with Crippen molar-refractivity contribution in [3.05, 3.63) is 29.3 Å². The Kier molecular flexibility index (Phi) is 5.58. The van der Waals surface area contributed by atoms with Crippen molar-refractivity contribution >= 4 is 21.9 Å². The number of hydrogen-bond acceptors (Lipinski definition) is 5. The molecule has 2 aliphatic rings. The van der Waals surface area contributed by atoms with Gasteiger partial charge in [0.1, 0.15) is 0 Å². The number of nitrogens with zero attached hydrogens (tertiary/aromatic N) is 2. The number of carbonyl (C=O) groups excluding carboxylic acids is 2. The van der Waals surface area contributed by atoms with Crippen LogP contribution in [0.15, 0.2) is 23.1 Å². The molecule has 2 fully saturated rings. The lowest BCUT2D eigenvalue weighted by molar-refractivity contribution is -0.153. The summed E-state index contributed by atoms with van der Waals surface area (Å²) < 4.78 is 32.1. The summed E-state index contributed by atoms with van der Waals surface area (Å²) in [5.41, 5.74) is 1.97. The molecule has 27 heavy (non-hydrogen) atoms. The molecular weight excluding hydrogens is 368 g/mol. The number of rotatable bonds is 5. The van der Waals surface area contributed by atoms with Gasteiger partial charge in [-0.3, -0.25) is 9.59 Å². The first kappa shape index (κ1) is 19.8. The normalized spacial score (nSPS) is 23.1. The van der Waals surface area contributed by atoms with Crippen LogP contribution in [0.25, 0.3) is 0 Å². The van der Waals surface area contributed by atoms with Gasteiger partial charge in [-0.2, -0.15) is 4.31 Å². The number of carbonyl (C=O) groups is 2. The van der Waals surface area contributed by atoms with Crippen molar-refractivity contribution in [2.75, 3.05) is 32.8 Å². The number of piperazine rings is 1. The van der Waals surface area contributed by atoms with Crippen molar-refractivity contribution in [2.45, 2.75) is 32.1 Å². The highest BCUT2D eigenvalue weighted by atomic mass is 32.2. The lowest BCUT2D eigenvalue weighted by atomic mass is 10.1. The van der Waals surface area contributed by atoms with Crippen molar-refractivity contribution in [2.24, 2.45) is 11.8 Å². The van der Waals surface area contributed by atoms with E-state index in [2.05, 4.69) is 0 Å². The number of hydrogen-bond donors (Lipinski definition) is 0. The summed E-state index contributed by atoms with van der Waals surface area (Å²) in [5, 5.41) is 0. The summed E-state index contributed by atoms with van der Waals surface area (Å²) in [4.78, 5) is 25.8. The van der Waals surface area contributed by atoms with E-state index in [9.17, 15) is 18.0 Å². The third-order valence-corrected chi connectivity index (χ3v) is 7.35. The number of aryl methyl sites for hydroxylation is 2. The second-order valence-corrected chi connectivity index (χ2v) is 9.40. The van der Waals surface area contributed by atoms with Gasteiger partial charge in [0.25, 0.3) is 5.91 Å². The molecule has 1 aliphatic heterocycles. The molecule has 0 bridgehead atoms. The molecule has 1 aliphatic carbocycles. The van der Waals surface area contributed by atoms with E-state index in [0.29, 0.717) is 19.0 Å². The Morgan fingerprint density at radius 1 is 1.11 bits per heavy atom. The molecule has 1 saturated heterocycles. The van der Waals surface area contributed by atoms with E-state index < -0.39 is 10.0 Å². The van der Waals surface area contributed by atoms with Gasteiger partial charge in [-0.05, 0) is 49.4 Å². The first-order chi connectivity index (χ1) is 12.7. The van der Waals surface area contributed by atoms with Crippen LogP contribution >= 0.6 is 0 Å². The van der Waals surface area contributed by atoms with Crippen LogP contribution in [0, 0.1) is 25.7 Å². The van der Waals surface area contributed by atoms with Gasteiger partial charge in [0, 0.05) is 26.2 Å². The Balaban J connectivity index is 1.53. The van der Waals surface area contributed by atoms with E-state index in [1.54, 1.807) is 23.1 Å². The van der Waals surface area contributed by atoms with Crippen molar-refractivity contribution < 1.29 is 22.7 Å². The molecule has 1 amide bonds. The SMILES string of the molecule is Cc1ccc(S(=O)(=O)N2CCN(C(=O)COC(=O)[C@@H]3C[C@@H]3C)CC2)cc1C. The average Bonchev–Trinajstić information content (AvgIpc) is 3.38. The maximum atomic E-state index is 12.8. The highest BCUT2D eigenvalue weighted by molar-refractivity contribution is 7.89. The first-order valence-corrected chi connectivity index (χ1v) is 10.7. The number of amides is 1. The van der Waals surface area contributed by atoms with Crippen LogP contribution in [0.4, 0.5) is 0 Å². The quantitative estimate of drug-likeness (QED) is 0.704. The van der Waals surface area contributed by atoms with Gasteiger partial charge in [0.05, 0.1) is 10.8 Å². The number of benzene rings is 1. The molecule has 1 saturated carbocycles. The monoisotopic (exact) mass is 394 g/mol. The van der Waals surface area contributed by atoms with Crippen LogP contribution in [-0.2, 0) is 24.3 Å². The van der Waals surface area contributed by atoms with Crippen LogP contribution in [0.2, 0.25) is 0 Å². The molecular formula is C19H26N2O5S. The van der Waals surface area contributed by atoms with Crippen molar-refractivity contribution in [1.29, 1.82) is 0 Å². The molecule has 1 aromatic carbocycles. The first-order valence-electron chi connectivity index (χ1n) is 9.22. The Bertz CT molecular complexity index is 844. The summed E-state index contributed by atoms with van der Waals surface area (Å²) in [5.74, 6) is -0.323. The van der Waals surface area contributed by atoms with Crippen LogP contribution < -0.4 is 0 Å². The number of esters is 1. The fraction of sp³-hybridized carbons (Fsp3) is 0.579. The van der Waals surface area contributed by atoms with Gasteiger partial charge in [-0.25, -0.2) is 8.42 Å². The van der Waals surface area contributed by atoms with E-state index in [1.165, 1.54) is 4.31 Å². The fourth-order valence-corrected chi connectivity index (χ4v) is 4.69. The molecule has 0 spiro atoms. The third kappa shape index (κ3) is 4.32. The third-order valence-electron chi connectivity index (χ3n) is 5.46. The van der Waals surface area contributed by atoms with Crippen LogP contribution in [0.5, 0.6) is 0 Å². The molecule has 1 heterocycles. The van der Waals surface area contributed by atoms with E-state index in [-0.39, 0.29) is 42.4 Å². The zero-order valence-electron chi connectivity index (χ0n) is 16.0. The molecule has 0 unspecified atom stereocenters. The smallest absolute Gasteiger partial charge is 0.309 e. The average molecular weight is 394 g/mol. The second-order valence-electron chi connectivity index (χ2n) is 7.46. The number of sulfonamides is 1. The van der Waals surface area contributed by atoms with Crippen molar-refractivity contribution in [3.8, 4) is 0 Å². The molecule has 1 aromatic rings. The van der Waals surface area contributed by atoms with E-state index >= 15 is 0 Å². The predicted molar refractivity (Wildman–Crippen MR) is 99.5 cm³/mol. The summed E-state index contributed by atoms with van der Waals surface area (Å²) in [6.07, 6.45) is 0.821. The highest BCUT2D eigenvalue weighted by Crippen LogP contribution is 2.38. The van der Waals surface area contributed by atoms with Crippen LogP contribution in [0.3, 0.4) is 0 Å². The standard InChI is InChI=1S/C19H26N2O5S/c1-13-4-5-16(10-14(13)2)27(24,25)21-8-6-20(7-9-21)18(22)12-26-19(23)17-11-15(17)3/h4-5,10,15,17H,6-9,11-12H2,1-3H3/t15-,17+/m0/s1. The summed E-state index contributed by atoms with van der Waals surface area (Å²) in [7, 11) is -3.58. The maximum Gasteiger partial charge on any atom is 0.309 e. The largest absolute Gasteiger partial charge is 0.455 e. The Hall–Kier alpha value is -1.93. The van der Waals surface area contributed by atoms with Gasteiger partial charge >= 0.3 is 5.97 Å². The van der Waals surface area contributed by atoms with Crippen molar-refractivity contribution in [1.82, 2.24) is 9.21 Å². The van der Waals surface area contributed by atoms with Gasteiger partial charge in [-0.1, -0.05) is 13.0 Å². The summed E-state index contributed by atoms with van der Waals surface area (Å²) in [6.45, 7) is 6.57. The number of ether oxygens (including phenoxy) is 1. The molecule has 148 valence electrons. The highest BCUT2D eigenvalue weighted by Gasteiger charge is 2.41. The minimum Gasteiger partial charge on any atom is -0.455 e. The molecule has 0 aromatic heterocycles. The Labute approximate surface area is 160 Å². The zero-order chi connectivity index (χ0) is 19.8. The van der Waals surface area contributed by atoms with Gasteiger partial charge < -0.3 is 9.64 Å². The Morgan fingerprint density at radius 2 is 1.74 bits per heavy atom. The molecule has 8 heteroatoms. The second kappa shape index (κ2) is 7.59. The van der Waals surface area contributed by atoms with Crippen LogP contribution in [-0.4, -0.2) is 62.3 Å². The molecule has 7 nitrogen and oxygen atoms in total. The van der Waals surface area contributed by atoms with E-state index in [0.717, 1.165) is 17.5 Å². The van der Waals surface area contributed by atoms with Gasteiger partial charge in [0.2, 0.25) is 10.0 Å². The minimum atomic E-state index is -3.58. The zero-order valence-corrected chi connectivity index (χ0v) is 16.8.